The Morgan fingerprint density at radius 2 is 1.91 bits per heavy atom. The van der Waals surface area contributed by atoms with Gasteiger partial charge in [0, 0.05) is 24.2 Å². The van der Waals surface area contributed by atoms with Crippen LogP contribution in [0.15, 0.2) is 66.5 Å². The van der Waals surface area contributed by atoms with E-state index < -0.39 is 19.2 Å². The van der Waals surface area contributed by atoms with Gasteiger partial charge in [-0.1, -0.05) is 30.3 Å². The van der Waals surface area contributed by atoms with Crippen LogP contribution in [0.2, 0.25) is 0 Å². The maximum absolute atomic E-state index is 13.2. The molecule has 1 aliphatic heterocycles. The second-order valence-electron chi connectivity index (χ2n) is 8.45. The number of halogens is 5. The number of fused-ring (bicyclic) bond motifs is 1. The molecule has 0 saturated heterocycles. The van der Waals surface area contributed by atoms with Crippen molar-refractivity contribution < 1.29 is 31.4 Å². The van der Waals surface area contributed by atoms with E-state index in [0.29, 0.717) is 25.0 Å². The molecule has 1 aliphatic carbocycles. The Morgan fingerprint density at radius 1 is 1.12 bits per heavy atom. The summed E-state index contributed by atoms with van der Waals surface area (Å²) in [6.07, 6.45) is 1.39. The minimum atomic E-state index is -4.31. The van der Waals surface area contributed by atoms with Gasteiger partial charge in [0.05, 0.1) is 13.5 Å². The Balaban J connectivity index is 1.71. The van der Waals surface area contributed by atoms with Crippen LogP contribution in [-0.4, -0.2) is 32.5 Å². The monoisotopic (exact) mass is 479 g/mol. The first-order valence-electron chi connectivity index (χ1n) is 11.2. The molecule has 2 aromatic rings. The van der Waals surface area contributed by atoms with Crippen LogP contribution >= 0.6 is 0 Å². The van der Waals surface area contributed by atoms with Crippen molar-refractivity contribution in [2.24, 2.45) is 5.92 Å². The maximum Gasteiger partial charge on any atom is 0.390 e. The zero-order valence-corrected chi connectivity index (χ0v) is 18.7. The molecule has 4 rings (SSSR count). The van der Waals surface area contributed by atoms with Crippen LogP contribution in [0.5, 0.6) is 5.75 Å². The van der Waals surface area contributed by atoms with E-state index in [1.165, 1.54) is 6.08 Å². The van der Waals surface area contributed by atoms with E-state index in [2.05, 4.69) is 4.74 Å². The van der Waals surface area contributed by atoms with Gasteiger partial charge in [-0.2, -0.15) is 22.0 Å². The van der Waals surface area contributed by atoms with Crippen molar-refractivity contribution >= 4 is 5.69 Å². The van der Waals surface area contributed by atoms with Crippen molar-refractivity contribution in [2.75, 3.05) is 18.6 Å². The molecule has 0 N–H and O–H groups in total. The Kier molecular flexibility index (Phi) is 7.14. The van der Waals surface area contributed by atoms with E-state index in [1.54, 1.807) is 24.2 Å². The molecular formula is C26H26F5NO2. The van der Waals surface area contributed by atoms with Gasteiger partial charge in [0.2, 0.25) is 0 Å². The molecule has 8 heteroatoms. The molecule has 182 valence electrons. The standard InChI is InChI=1S/C26H26F5NO2/c1-33-19-7-2-5-17(15-19)21-9-4-10-24-22(21)11-12-23(32(24)14-13-26(29,30)31)18-6-3-8-20(16-18)34-25(27)28/h2-5,7-10,15-16,18,23,25H,6,11-14H2,1H3/t18?,23-/m1/s1. The Morgan fingerprint density at radius 3 is 2.65 bits per heavy atom. The number of hydrogen-bond donors (Lipinski definition) is 0. The highest BCUT2D eigenvalue weighted by atomic mass is 19.4. The van der Waals surface area contributed by atoms with Crippen LogP contribution in [0.25, 0.3) is 11.1 Å². The summed E-state index contributed by atoms with van der Waals surface area (Å²) in [7, 11) is 1.58. The number of allylic oxidation sites excluding steroid dienone is 2. The van der Waals surface area contributed by atoms with Crippen molar-refractivity contribution in [3.05, 3.63) is 72.0 Å². The topological polar surface area (TPSA) is 21.7 Å². The number of anilines is 1. The van der Waals surface area contributed by atoms with Crippen LogP contribution < -0.4 is 9.64 Å². The van der Waals surface area contributed by atoms with E-state index in [1.807, 2.05) is 42.5 Å². The second kappa shape index (κ2) is 10.1. The van der Waals surface area contributed by atoms with Gasteiger partial charge >= 0.3 is 12.8 Å². The van der Waals surface area contributed by atoms with Gasteiger partial charge in [0.25, 0.3) is 0 Å². The quantitative estimate of drug-likeness (QED) is 0.394. The summed E-state index contributed by atoms with van der Waals surface area (Å²) in [6.45, 7) is -3.16. The minimum Gasteiger partial charge on any atom is -0.497 e. The van der Waals surface area contributed by atoms with Gasteiger partial charge in [-0.15, -0.1) is 0 Å². The first kappa shape index (κ1) is 24.1. The fraction of sp³-hybridized carbons (Fsp3) is 0.385. The van der Waals surface area contributed by atoms with E-state index in [9.17, 15) is 22.0 Å². The SMILES string of the molecule is COc1cccc(-c2cccc3c2CC[C@H](C2C=C(OC(F)F)C=CC2)N3CCC(F)(F)F)c1. The van der Waals surface area contributed by atoms with Crippen molar-refractivity contribution in [1.29, 1.82) is 0 Å². The van der Waals surface area contributed by atoms with Gasteiger partial charge in [-0.05, 0) is 66.3 Å². The largest absolute Gasteiger partial charge is 0.497 e. The maximum atomic E-state index is 13.2. The lowest BCUT2D eigenvalue weighted by atomic mass is 9.81. The van der Waals surface area contributed by atoms with Crippen LogP contribution in [0.4, 0.5) is 27.6 Å². The van der Waals surface area contributed by atoms with Crippen molar-refractivity contribution in [3.8, 4) is 16.9 Å². The lowest BCUT2D eigenvalue weighted by molar-refractivity contribution is -0.132. The molecule has 1 heterocycles. The molecule has 0 radical (unpaired) electrons. The Hall–Kier alpha value is -3.03. The smallest absolute Gasteiger partial charge is 0.390 e. The number of nitrogens with zero attached hydrogens (tertiary/aromatic N) is 1. The van der Waals surface area contributed by atoms with Crippen molar-refractivity contribution in [3.63, 3.8) is 0 Å². The third-order valence-corrected chi connectivity index (χ3v) is 6.36. The lowest BCUT2D eigenvalue weighted by Crippen LogP contribution is -2.45. The molecule has 34 heavy (non-hydrogen) atoms. The zero-order valence-electron chi connectivity index (χ0n) is 18.7. The van der Waals surface area contributed by atoms with E-state index in [0.717, 1.165) is 22.4 Å². The summed E-state index contributed by atoms with van der Waals surface area (Å²) >= 11 is 0. The fourth-order valence-corrected chi connectivity index (χ4v) is 4.90. The van der Waals surface area contributed by atoms with Crippen LogP contribution in [0.3, 0.4) is 0 Å². The summed E-state index contributed by atoms with van der Waals surface area (Å²) in [6, 6.07) is 13.0. The first-order chi connectivity index (χ1) is 16.2. The second-order valence-corrected chi connectivity index (χ2v) is 8.45. The fourth-order valence-electron chi connectivity index (χ4n) is 4.90. The molecule has 0 bridgehead atoms. The number of hydrogen-bond acceptors (Lipinski definition) is 3. The first-order valence-corrected chi connectivity index (χ1v) is 11.2. The molecule has 0 saturated carbocycles. The number of alkyl halides is 5. The molecule has 0 amide bonds. The van der Waals surface area contributed by atoms with Gasteiger partial charge in [-0.25, -0.2) is 0 Å². The molecular weight excluding hydrogens is 453 g/mol. The normalized spacial score (nSPS) is 20.2. The summed E-state index contributed by atoms with van der Waals surface area (Å²) in [4.78, 5) is 1.80. The highest BCUT2D eigenvalue weighted by molar-refractivity contribution is 5.76. The molecule has 2 aliphatic rings. The van der Waals surface area contributed by atoms with E-state index in [-0.39, 0.29) is 24.3 Å². The predicted octanol–water partition coefficient (Wildman–Crippen LogP) is 7.14. The minimum absolute atomic E-state index is 0.0537. The number of benzene rings is 2. The van der Waals surface area contributed by atoms with Gasteiger partial charge in [0.1, 0.15) is 11.5 Å². The molecule has 2 aromatic carbocycles. The molecule has 3 nitrogen and oxygen atoms in total. The third kappa shape index (κ3) is 5.54. The average Bonchev–Trinajstić information content (AvgIpc) is 2.81. The van der Waals surface area contributed by atoms with Gasteiger partial charge in [-0.3, -0.25) is 0 Å². The Bertz CT molecular complexity index is 1060. The molecule has 1 unspecified atom stereocenters. The highest BCUT2D eigenvalue weighted by Gasteiger charge is 2.36. The number of ether oxygens (including phenoxy) is 2. The van der Waals surface area contributed by atoms with Crippen LogP contribution in [-0.2, 0) is 11.2 Å². The van der Waals surface area contributed by atoms with Crippen molar-refractivity contribution in [1.82, 2.24) is 0 Å². The van der Waals surface area contributed by atoms with Crippen LogP contribution in [0, 0.1) is 5.92 Å². The predicted molar refractivity (Wildman–Crippen MR) is 121 cm³/mol. The summed E-state index contributed by atoms with van der Waals surface area (Å²) in [5, 5.41) is 0. The summed E-state index contributed by atoms with van der Waals surface area (Å²) in [5.41, 5.74) is 3.61. The molecule has 0 spiro atoms. The van der Waals surface area contributed by atoms with E-state index >= 15 is 0 Å². The summed E-state index contributed by atoms with van der Waals surface area (Å²) in [5.74, 6) is 0.516. The number of rotatable bonds is 7. The molecule has 2 atom stereocenters. The van der Waals surface area contributed by atoms with Crippen LogP contribution in [0.1, 0.15) is 24.8 Å². The van der Waals surface area contributed by atoms with Crippen molar-refractivity contribution in [2.45, 2.75) is 44.5 Å². The number of methoxy groups -OCH3 is 1. The van der Waals surface area contributed by atoms with Gasteiger partial charge < -0.3 is 14.4 Å². The third-order valence-electron chi connectivity index (χ3n) is 6.36. The zero-order chi connectivity index (χ0) is 24.3. The molecule has 0 fully saturated rings. The van der Waals surface area contributed by atoms with E-state index in [4.69, 9.17) is 4.74 Å². The average molecular weight is 479 g/mol. The Labute approximate surface area is 195 Å². The lowest BCUT2D eigenvalue weighted by Gasteiger charge is -2.43. The highest BCUT2D eigenvalue weighted by Crippen LogP contribution is 2.42. The summed E-state index contributed by atoms with van der Waals surface area (Å²) < 4.78 is 75.0. The van der Waals surface area contributed by atoms with Gasteiger partial charge in [0.15, 0.2) is 0 Å². The molecule has 0 aromatic heterocycles.